The summed E-state index contributed by atoms with van der Waals surface area (Å²) < 4.78 is 19.0. The van der Waals surface area contributed by atoms with Crippen LogP contribution in [-0.2, 0) is 11.1 Å². The van der Waals surface area contributed by atoms with Gasteiger partial charge in [0.25, 0.3) is 0 Å². The van der Waals surface area contributed by atoms with Gasteiger partial charge in [0.1, 0.15) is 0 Å². The van der Waals surface area contributed by atoms with Crippen LogP contribution in [-0.4, -0.2) is 27.1 Å². The van der Waals surface area contributed by atoms with Gasteiger partial charge in [-0.2, -0.15) is 0 Å². The Morgan fingerprint density at radius 3 is 2.78 bits per heavy atom. The first-order valence-electron chi connectivity index (χ1n) is 3.11. The van der Waals surface area contributed by atoms with Crippen LogP contribution in [0, 0.1) is 0 Å². The van der Waals surface area contributed by atoms with Crippen LogP contribution in [0.2, 0.25) is 0 Å². The minimum absolute atomic E-state index is 0.0289. The summed E-state index contributed by atoms with van der Waals surface area (Å²) in [6.45, 7) is 1.69. The molecule has 1 aliphatic rings. The molecule has 0 saturated carbocycles. The highest BCUT2D eigenvalue weighted by Crippen LogP contribution is 2.05. The molecule has 0 amide bonds. The van der Waals surface area contributed by atoms with Gasteiger partial charge in [-0.05, 0) is 19.4 Å². The van der Waals surface area contributed by atoms with E-state index in [4.69, 9.17) is 4.55 Å². The smallest absolute Gasteiger partial charge is 0.157 e. The number of hydrogen-bond donors (Lipinski definition) is 2. The van der Waals surface area contributed by atoms with E-state index in [1.165, 1.54) is 0 Å². The number of rotatable bonds is 1. The molecule has 54 valence electrons. The molecule has 1 heterocycles. The van der Waals surface area contributed by atoms with Gasteiger partial charge < -0.3 is 9.87 Å². The Morgan fingerprint density at radius 1 is 1.67 bits per heavy atom. The van der Waals surface area contributed by atoms with E-state index >= 15 is 0 Å². The fourth-order valence-electron chi connectivity index (χ4n) is 0.992. The normalized spacial score (nSPS) is 31.9. The van der Waals surface area contributed by atoms with Crippen LogP contribution >= 0.6 is 0 Å². The molecule has 0 bridgehead atoms. The maximum absolute atomic E-state index is 10.4. The molecule has 2 N–H and O–H groups in total. The van der Waals surface area contributed by atoms with Gasteiger partial charge in [-0.25, -0.2) is 4.21 Å². The van der Waals surface area contributed by atoms with E-state index in [2.05, 4.69) is 5.32 Å². The highest BCUT2D eigenvalue weighted by Gasteiger charge is 2.17. The molecule has 0 aromatic heterocycles. The number of hydrogen-bond acceptors (Lipinski definition) is 2. The van der Waals surface area contributed by atoms with Crippen LogP contribution < -0.4 is 5.32 Å². The van der Waals surface area contributed by atoms with E-state index in [0.29, 0.717) is 6.54 Å². The summed E-state index contributed by atoms with van der Waals surface area (Å²) in [5, 5.41) is 3.03. The van der Waals surface area contributed by atoms with E-state index in [1.807, 2.05) is 0 Å². The van der Waals surface area contributed by atoms with Crippen molar-refractivity contribution in [2.75, 3.05) is 13.1 Å². The second-order valence-electron chi connectivity index (χ2n) is 2.24. The van der Waals surface area contributed by atoms with Crippen LogP contribution in [0.1, 0.15) is 12.8 Å². The molecule has 1 saturated heterocycles. The van der Waals surface area contributed by atoms with Crippen LogP contribution in [0.15, 0.2) is 0 Å². The average Bonchev–Trinajstić information content (AvgIpc) is 1.90. The van der Waals surface area contributed by atoms with Crippen molar-refractivity contribution in [2.45, 2.75) is 18.1 Å². The lowest BCUT2D eigenvalue weighted by molar-refractivity contribution is 0.483. The van der Waals surface area contributed by atoms with E-state index in [1.54, 1.807) is 0 Å². The minimum Gasteiger partial charge on any atom is -0.315 e. The SMILES string of the molecule is O=S(O)C1CCCNC1. The maximum Gasteiger partial charge on any atom is 0.157 e. The first-order chi connectivity index (χ1) is 4.30. The lowest BCUT2D eigenvalue weighted by atomic mass is 10.2. The molecule has 2 atom stereocenters. The summed E-state index contributed by atoms with van der Waals surface area (Å²) in [6.07, 6.45) is 1.91. The lowest BCUT2D eigenvalue weighted by Crippen LogP contribution is -2.35. The van der Waals surface area contributed by atoms with Crippen LogP contribution in [0.3, 0.4) is 0 Å². The third kappa shape index (κ3) is 2.04. The molecule has 3 nitrogen and oxygen atoms in total. The fourth-order valence-corrected chi connectivity index (χ4v) is 1.62. The molecule has 1 aliphatic heterocycles. The lowest BCUT2D eigenvalue weighted by Gasteiger charge is -2.18. The fraction of sp³-hybridized carbons (Fsp3) is 1.00. The highest BCUT2D eigenvalue weighted by atomic mass is 32.2. The third-order valence-electron chi connectivity index (χ3n) is 1.54. The Labute approximate surface area is 57.1 Å². The molecule has 1 rings (SSSR count). The summed E-state index contributed by atoms with van der Waals surface area (Å²) in [7, 11) is 0. The Balaban J connectivity index is 2.31. The van der Waals surface area contributed by atoms with Crippen molar-refractivity contribution >= 4 is 11.1 Å². The molecular formula is C5H11NO2S. The van der Waals surface area contributed by atoms with E-state index in [-0.39, 0.29) is 5.25 Å². The van der Waals surface area contributed by atoms with Crippen molar-refractivity contribution in [3.05, 3.63) is 0 Å². The van der Waals surface area contributed by atoms with Gasteiger partial charge in [0.05, 0.1) is 5.25 Å². The Kier molecular flexibility index (Phi) is 2.63. The maximum atomic E-state index is 10.4. The average molecular weight is 149 g/mol. The molecule has 0 aliphatic carbocycles. The Hall–Kier alpha value is 0.0700. The zero-order valence-electron chi connectivity index (χ0n) is 5.17. The first kappa shape index (κ1) is 7.18. The molecule has 0 spiro atoms. The first-order valence-corrected chi connectivity index (χ1v) is 4.28. The largest absolute Gasteiger partial charge is 0.315 e. The monoisotopic (exact) mass is 149 g/mol. The van der Waals surface area contributed by atoms with Crippen molar-refractivity contribution in [1.29, 1.82) is 0 Å². The predicted octanol–water partition coefficient (Wildman–Crippen LogP) is -0.0399. The van der Waals surface area contributed by atoms with Crippen LogP contribution in [0.4, 0.5) is 0 Å². The van der Waals surface area contributed by atoms with Crippen molar-refractivity contribution in [3.8, 4) is 0 Å². The van der Waals surface area contributed by atoms with E-state index < -0.39 is 11.1 Å². The van der Waals surface area contributed by atoms with Gasteiger partial charge in [-0.15, -0.1) is 0 Å². The highest BCUT2D eigenvalue weighted by molar-refractivity contribution is 7.79. The Bertz CT molecular complexity index is 112. The van der Waals surface area contributed by atoms with Gasteiger partial charge in [-0.1, -0.05) is 0 Å². The van der Waals surface area contributed by atoms with Gasteiger partial charge >= 0.3 is 0 Å². The quantitative estimate of drug-likeness (QED) is 0.514. The standard InChI is InChI=1S/C5H11NO2S/c7-9(8)5-2-1-3-6-4-5/h5-6H,1-4H2,(H,7,8). The number of piperidine rings is 1. The summed E-state index contributed by atoms with van der Waals surface area (Å²) >= 11 is -1.61. The van der Waals surface area contributed by atoms with E-state index in [9.17, 15) is 4.21 Å². The summed E-state index contributed by atoms with van der Waals surface area (Å²) in [6, 6.07) is 0. The van der Waals surface area contributed by atoms with E-state index in [0.717, 1.165) is 19.4 Å². The van der Waals surface area contributed by atoms with Crippen molar-refractivity contribution in [1.82, 2.24) is 5.32 Å². The van der Waals surface area contributed by atoms with Gasteiger partial charge in [0.2, 0.25) is 0 Å². The molecule has 9 heavy (non-hydrogen) atoms. The molecule has 4 heteroatoms. The summed E-state index contributed by atoms with van der Waals surface area (Å²) in [5.74, 6) is 0. The minimum atomic E-state index is -1.61. The van der Waals surface area contributed by atoms with Crippen LogP contribution in [0.5, 0.6) is 0 Å². The van der Waals surface area contributed by atoms with Gasteiger partial charge in [-0.3, -0.25) is 0 Å². The van der Waals surface area contributed by atoms with Gasteiger partial charge in [0.15, 0.2) is 11.1 Å². The second-order valence-corrected chi connectivity index (χ2v) is 3.46. The zero-order chi connectivity index (χ0) is 6.69. The van der Waals surface area contributed by atoms with Crippen molar-refractivity contribution < 1.29 is 8.76 Å². The Morgan fingerprint density at radius 2 is 2.44 bits per heavy atom. The third-order valence-corrected chi connectivity index (χ3v) is 2.51. The zero-order valence-corrected chi connectivity index (χ0v) is 5.99. The second kappa shape index (κ2) is 3.29. The molecule has 0 aromatic carbocycles. The predicted molar refractivity (Wildman–Crippen MR) is 36.7 cm³/mol. The van der Waals surface area contributed by atoms with Crippen LogP contribution in [0.25, 0.3) is 0 Å². The molecule has 1 fully saturated rings. The summed E-state index contributed by atoms with van der Waals surface area (Å²) in [4.78, 5) is 0. The summed E-state index contributed by atoms with van der Waals surface area (Å²) in [5.41, 5.74) is 0. The van der Waals surface area contributed by atoms with Gasteiger partial charge in [0, 0.05) is 6.54 Å². The van der Waals surface area contributed by atoms with Crippen molar-refractivity contribution in [2.24, 2.45) is 0 Å². The number of nitrogens with one attached hydrogen (secondary N) is 1. The topological polar surface area (TPSA) is 49.3 Å². The molecule has 0 radical (unpaired) electrons. The molecule has 2 unspecified atom stereocenters. The molecular weight excluding hydrogens is 138 g/mol. The molecule has 0 aromatic rings. The van der Waals surface area contributed by atoms with Crippen molar-refractivity contribution in [3.63, 3.8) is 0 Å².